The van der Waals surface area contributed by atoms with Gasteiger partial charge in [0.2, 0.25) is 0 Å². The maximum atomic E-state index is 13.8. The number of hydrogen-bond donors (Lipinski definition) is 4. The SMILES string of the molecule is CC(C)C(CC(O)C(C)C1CCC2(O)C3=CC(=O)C4CC(O)C(O)C5CCC(CC12C)C3C45C)=C1CCCC2(CCCC2)C1. The van der Waals surface area contributed by atoms with Crippen LogP contribution in [0.2, 0.25) is 0 Å². The van der Waals surface area contributed by atoms with Gasteiger partial charge in [-0.2, -0.15) is 0 Å². The maximum absolute atomic E-state index is 13.8. The summed E-state index contributed by atoms with van der Waals surface area (Å²) in [6.45, 7) is 11.3. The first-order valence-electron chi connectivity index (χ1n) is 18.5. The molecule has 7 aliphatic carbocycles. The monoisotopic (exact) mass is 608 g/mol. The molecule has 6 fully saturated rings. The molecule has 12 atom stereocenters. The van der Waals surface area contributed by atoms with E-state index in [1.807, 2.05) is 0 Å². The Morgan fingerprint density at radius 2 is 1.70 bits per heavy atom. The van der Waals surface area contributed by atoms with Crippen molar-refractivity contribution in [3.05, 3.63) is 22.8 Å². The Morgan fingerprint density at radius 1 is 1.00 bits per heavy atom. The van der Waals surface area contributed by atoms with Gasteiger partial charge in [-0.15, -0.1) is 0 Å². The highest BCUT2D eigenvalue weighted by Gasteiger charge is 2.72. The summed E-state index contributed by atoms with van der Waals surface area (Å²) in [5, 5.41) is 46.6. The molecule has 7 aliphatic rings. The Balaban J connectivity index is 1.17. The molecule has 12 unspecified atom stereocenters. The zero-order chi connectivity index (χ0) is 31.4. The molecule has 0 aliphatic heterocycles. The summed E-state index contributed by atoms with van der Waals surface area (Å²) < 4.78 is 0. The predicted molar refractivity (Wildman–Crippen MR) is 172 cm³/mol. The van der Waals surface area contributed by atoms with E-state index in [4.69, 9.17) is 0 Å². The summed E-state index contributed by atoms with van der Waals surface area (Å²) in [6.07, 6.45) is 15.5. The molecule has 0 amide bonds. The minimum Gasteiger partial charge on any atom is -0.393 e. The molecule has 0 aromatic heterocycles. The van der Waals surface area contributed by atoms with Crippen LogP contribution in [-0.4, -0.2) is 50.1 Å². The second-order valence-electron chi connectivity index (χ2n) is 17.9. The van der Waals surface area contributed by atoms with Crippen molar-refractivity contribution in [3.8, 4) is 0 Å². The number of aliphatic hydroxyl groups excluding tert-OH is 3. The number of aliphatic hydroxyl groups is 4. The summed E-state index contributed by atoms with van der Waals surface area (Å²) in [7, 11) is 0. The van der Waals surface area contributed by atoms with Crippen LogP contribution in [0.15, 0.2) is 22.8 Å². The third kappa shape index (κ3) is 4.33. The fourth-order valence-corrected chi connectivity index (χ4v) is 13.5. The van der Waals surface area contributed by atoms with E-state index >= 15 is 0 Å². The highest BCUT2D eigenvalue weighted by Crippen LogP contribution is 2.73. The van der Waals surface area contributed by atoms with Gasteiger partial charge in [0.15, 0.2) is 5.78 Å². The lowest BCUT2D eigenvalue weighted by atomic mass is 9.38. The van der Waals surface area contributed by atoms with Crippen LogP contribution >= 0.6 is 0 Å². The summed E-state index contributed by atoms with van der Waals surface area (Å²) >= 11 is 0. The van der Waals surface area contributed by atoms with E-state index in [2.05, 4.69) is 34.6 Å². The molecule has 5 nitrogen and oxygen atoms in total. The molecule has 0 saturated heterocycles. The van der Waals surface area contributed by atoms with Gasteiger partial charge in [-0.25, -0.2) is 0 Å². The first kappa shape index (κ1) is 31.6. The van der Waals surface area contributed by atoms with Crippen LogP contribution < -0.4 is 0 Å². The molecule has 4 N–H and O–H groups in total. The van der Waals surface area contributed by atoms with Gasteiger partial charge >= 0.3 is 0 Å². The van der Waals surface area contributed by atoms with Crippen molar-refractivity contribution in [2.24, 2.45) is 57.7 Å². The topological polar surface area (TPSA) is 98.0 Å². The summed E-state index contributed by atoms with van der Waals surface area (Å²) in [6, 6.07) is 0. The van der Waals surface area contributed by atoms with E-state index in [0.717, 1.165) is 37.7 Å². The molecule has 0 bridgehead atoms. The number of allylic oxidation sites excluding steroid dienone is 2. The van der Waals surface area contributed by atoms with Gasteiger partial charge in [-0.05, 0) is 141 Å². The minimum atomic E-state index is -1.07. The van der Waals surface area contributed by atoms with Gasteiger partial charge in [-0.1, -0.05) is 58.6 Å². The lowest BCUT2D eigenvalue weighted by molar-refractivity contribution is -0.204. The lowest BCUT2D eigenvalue weighted by Gasteiger charge is -2.67. The van der Waals surface area contributed by atoms with Gasteiger partial charge in [0.1, 0.15) is 0 Å². The molecular weight excluding hydrogens is 548 g/mol. The molecule has 246 valence electrons. The quantitative estimate of drug-likeness (QED) is 0.254. The Morgan fingerprint density at radius 3 is 2.41 bits per heavy atom. The van der Waals surface area contributed by atoms with Crippen LogP contribution in [0.25, 0.3) is 0 Å². The summed E-state index contributed by atoms with van der Waals surface area (Å²) in [5.41, 5.74) is 2.66. The van der Waals surface area contributed by atoms with Crippen LogP contribution in [0, 0.1) is 57.7 Å². The fraction of sp³-hybridized carbons (Fsp3) is 0.872. The number of ketones is 1. The van der Waals surface area contributed by atoms with Gasteiger partial charge in [0.25, 0.3) is 0 Å². The number of hydrogen-bond acceptors (Lipinski definition) is 5. The van der Waals surface area contributed by atoms with Crippen molar-refractivity contribution in [3.63, 3.8) is 0 Å². The molecular formula is C39H60O5. The van der Waals surface area contributed by atoms with Crippen molar-refractivity contribution in [1.82, 2.24) is 0 Å². The van der Waals surface area contributed by atoms with Crippen molar-refractivity contribution in [2.75, 3.05) is 0 Å². The Kier molecular flexibility index (Phi) is 7.72. The van der Waals surface area contributed by atoms with Gasteiger partial charge in [0, 0.05) is 11.3 Å². The normalized spacial score (nSPS) is 48.5. The minimum absolute atomic E-state index is 0.0327. The van der Waals surface area contributed by atoms with Crippen LogP contribution in [-0.2, 0) is 4.79 Å². The van der Waals surface area contributed by atoms with Gasteiger partial charge in [-0.3, -0.25) is 4.79 Å². The Labute approximate surface area is 266 Å². The fourth-order valence-electron chi connectivity index (χ4n) is 13.5. The number of carbonyl (C=O) groups is 1. The maximum Gasteiger partial charge on any atom is 0.159 e. The van der Waals surface area contributed by atoms with Gasteiger partial charge in [0.05, 0.1) is 23.9 Å². The Hall–Kier alpha value is -1.01. The number of fused-ring (bicyclic) bond motifs is 2. The second kappa shape index (κ2) is 10.8. The predicted octanol–water partition coefficient (Wildman–Crippen LogP) is 6.91. The first-order valence-corrected chi connectivity index (χ1v) is 18.5. The lowest BCUT2D eigenvalue weighted by Crippen LogP contribution is -2.68. The summed E-state index contributed by atoms with van der Waals surface area (Å²) in [4.78, 5) is 13.8. The molecule has 0 radical (unpaired) electrons. The highest BCUT2D eigenvalue weighted by atomic mass is 16.3. The van der Waals surface area contributed by atoms with E-state index in [-0.39, 0.29) is 35.4 Å². The van der Waals surface area contributed by atoms with E-state index in [0.29, 0.717) is 30.1 Å². The van der Waals surface area contributed by atoms with Gasteiger partial charge < -0.3 is 20.4 Å². The van der Waals surface area contributed by atoms with E-state index in [9.17, 15) is 25.2 Å². The average Bonchev–Trinajstić information content (AvgIpc) is 3.53. The van der Waals surface area contributed by atoms with Crippen LogP contribution in [0.5, 0.6) is 0 Å². The standard InChI is InChI=1S/C39H60O5/c1-22(2)26(24-9-8-15-38(21-24)13-6-7-14-38)17-31(40)23(3)27-12-16-39(44)30-19-32(41)29-18-33(42)35(43)28-11-10-25(20-36(27,39)4)34(30)37(28,29)5/h19,22-23,25,27-29,31,33-35,40,42-44H,6-18,20-21H2,1-5H3. The number of rotatable bonds is 5. The third-order valence-electron chi connectivity index (χ3n) is 15.8. The highest BCUT2D eigenvalue weighted by molar-refractivity contribution is 5.95. The molecule has 6 saturated carbocycles. The molecule has 0 aromatic carbocycles. The van der Waals surface area contributed by atoms with Crippen LogP contribution in [0.1, 0.15) is 131 Å². The summed E-state index contributed by atoms with van der Waals surface area (Å²) in [5.74, 6) is 0.679. The molecule has 0 aromatic rings. The van der Waals surface area contributed by atoms with E-state index in [1.165, 1.54) is 56.9 Å². The van der Waals surface area contributed by atoms with E-state index < -0.39 is 34.7 Å². The zero-order valence-electron chi connectivity index (χ0n) is 28.2. The average molecular weight is 609 g/mol. The Bertz CT molecular complexity index is 1230. The van der Waals surface area contributed by atoms with E-state index in [1.54, 1.807) is 11.6 Å². The third-order valence-corrected chi connectivity index (χ3v) is 15.8. The second-order valence-corrected chi connectivity index (χ2v) is 17.9. The van der Waals surface area contributed by atoms with Crippen LogP contribution in [0.4, 0.5) is 0 Å². The van der Waals surface area contributed by atoms with Crippen molar-refractivity contribution in [1.29, 1.82) is 0 Å². The van der Waals surface area contributed by atoms with Crippen LogP contribution in [0.3, 0.4) is 0 Å². The van der Waals surface area contributed by atoms with Crippen molar-refractivity contribution < 1.29 is 25.2 Å². The first-order chi connectivity index (χ1) is 20.8. The molecule has 5 heteroatoms. The molecule has 7 rings (SSSR count). The smallest absolute Gasteiger partial charge is 0.159 e. The molecule has 44 heavy (non-hydrogen) atoms. The van der Waals surface area contributed by atoms with Crippen molar-refractivity contribution in [2.45, 2.75) is 155 Å². The van der Waals surface area contributed by atoms with Crippen molar-refractivity contribution >= 4 is 5.78 Å². The largest absolute Gasteiger partial charge is 0.393 e. The molecule has 0 heterocycles. The number of carbonyl (C=O) groups excluding carboxylic acids is 1. The zero-order valence-corrected chi connectivity index (χ0v) is 28.2. The molecule has 1 spiro atoms.